The summed E-state index contributed by atoms with van der Waals surface area (Å²) in [5.74, 6) is 0.392. The molecule has 0 bridgehead atoms. The number of rotatable bonds is 4. The molecule has 9 heteroatoms. The summed E-state index contributed by atoms with van der Waals surface area (Å²) in [6.07, 6.45) is 3.26. The van der Waals surface area contributed by atoms with Gasteiger partial charge in [-0.3, -0.25) is 4.79 Å². The monoisotopic (exact) mass is 358 g/mol. The molecule has 0 amide bonds. The summed E-state index contributed by atoms with van der Waals surface area (Å²) in [6, 6.07) is 3.28. The summed E-state index contributed by atoms with van der Waals surface area (Å²) < 4.78 is 6.26. The molecule has 1 aromatic heterocycles. The molecular formula is C13H12Cl2N4O2S. The maximum atomic E-state index is 12.1. The van der Waals surface area contributed by atoms with Gasteiger partial charge < -0.3 is 4.74 Å². The van der Waals surface area contributed by atoms with Crippen LogP contribution in [0.25, 0.3) is 0 Å². The number of hydrogen-bond acceptors (Lipinski definition) is 6. The third-order valence-electron chi connectivity index (χ3n) is 2.70. The number of aromatic nitrogens is 3. The van der Waals surface area contributed by atoms with Gasteiger partial charge >= 0.3 is 0 Å². The number of aryl methyl sites for hydroxylation is 1. The highest BCUT2D eigenvalue weighted by Crippen LogP contribution is 2.33. The Hall–Kier alpha value is -1.57. The number of nitrogens with zero attached hydrogens (tertiary/aromatic N) is 4. The second-order valence-corrected chi connectivity index (χ2v) is 5.74. The van der Waals surface area contributed by atoms with Crippen molar-refractivity contribution in [2.24, 2.45) is 5.10 Å². The molecule has 0 N–H and O–H groups in total. The quantitative estimate of drug-likeness (QED) is 0.620. The first kappa shape index (κ1) is 16.8. The Morgan fingerprint density at radius 3 is 2.50 bits per heavy atom. The summed E-state index contributed by atoms with van der Waals surface area (Å²) in [7, 11) is 1.48. The van der Waals surface area contributed by atoms with E-state index >= 15 is 0 Å². The Morgan fingerprint density at radius 1 is 1.32 bits per heavy atom. The summed E-state index contributed by atoms with van der Waals surface area (Å²) in [4.78, 5) is 12.1. The molecule has 2 aromatic rings. The Balaban J connectivity index is 2.46. The van der Waals surface area contributed by atoms with Crippen molar-refractivity contribution in [1.29, 1.82) is 0 Å². The summed E-state index contributed by atoms with van der Waals surface area (Å²) >= 11 is 13.4. The predicted molar refractivity (Wildman–Crippen MR) is 88.8 cm³/mol. The number of benzene rings is 1. The van der Waals surface area contributed by atoms with Gasteiger partial charge in [-0.25, -0.2) is 0 Å². The summed E-state index contributed by atoms with van der Waals surface area (Å²) in [5, 5.41) is 12.9. The third kappa shape index (κ3) is 3.43. The van der Waals surface area contributed by atoms with Gasteiger partial charge in [0.15, 0.2) is 5.75 Å². The van der Waals surface area contributed by atoms with Gasteiger partial charge in [-0.2, -0.15) is 9.78 Å². The average molecular weight is 359 g/mol. The highest BCUT2D eigenvalue weighted by atomic mass is 35.5. The minimum Gasteiger partial charge on any atom is -0.494 e. The van der Waals surface area contributed by atoms with Crippen LogP contribution in [0.5, 0.6) is 5.75 Å². The van der Waals surface area contributed by atoms with E-state index in [1.807, 2.05) is 0 Å². The van der Waals surface area contributed by atoms with E-state index in [0.29, 0.717) is 26.5 Å². The zero-order chi connectivity index (χ0) is 16.3. The molecule has 0 fully saturated rings. The molecule has 1 heterocycles. The highest BCUT2D eigenvalue weighted by molar-refractivity contribution is 7.98. The van der Waals surface area contributed by atoms with E-state index in [0.717, 1.165) is 0 Å². The Morgan fingerprint density at radius 2 is 1.95 bits per heavy atom. The number of thioether (sulfide) groups is 1. The van der Waals surface area contributed by atoms with E-state index in [1.165, 1.54) is 29.8 Å². The van der Waals surface area contributed by atoms with E-state index in [9.17, 15) is 4.79 Å². The largest absolute Gasteiger partial charge is 0.494 e. The molecule has 1 aromatic carbocycles. The average Bonchev–Trinajstić information content (AvgIpc) is 2.48. The molecule has 116 valence electrons. The lowest BCUT2D eigenvalue weighted by Gasteiger charge is -2.07. The van der Waals surface area contributed by atoms with Crippen LogP contribution in [0.4, 0.5) is 0 Å². The fourth-order valence-electron chi connectivity index (χ4n) is 1.65. The second-order valence-electron chi connectivity index (χ2n) is 4.15. The minimum atomic E-state index is -0.332. The molecular weight excluding hydrogens is 347 g/mol. The zero-order valence-electron chi connectivity index (χ0n) is 12.0. The normalized spacial score (nSPS) is 11.1. The molecule has 0 aliphatic heterocycles. The van der Waals surface area contributed by atoms with Crippen LogP contribution < -0.4 is 10.3 Å². The molecule has 2 rings (SSSR count). The lowest BCUT2D eigenvalue weighted by Crippen LogP contribution is -2.23. The van der Waals surface area contributed by atoms with Crippen molar-refractivity contribution >= 4 is 41.2 Å². The van der Waals surface area contributed by atoms with Crippen molar-refractivity contribution in [1.82, 2.24) is 14.9 Å². The number of methoxy groups -OCH3 is 1. The van der Waals surface area contributed by atoms with E-state index in [4.69, 9.17) is 27.9 Å². The van der Waals surface area contributed by atoms with Crippen molar-refractivity contribution in [3.63, 3.8) is 0 Å². The first-order valence-electron chi connectivity index (χ1n) is 6.05. The molecule has 0 aliphatic carbocycles. The predicted octanol–water partition coefficient (Wildman–Crippen LogP) is 2.87. The van der Waals surface area contributed by atoms with Gasteiger partial charge in [-0.15, -0.1) is 10.2 Å². The number of ether oxygens (including phenoxy) is 1. The Kier molecular flexibility index (Phi) is 5.44. The Labute approximate surface area is 141 Å². The molecule has 0 atom stereocenters. The molecule has 0 spiro atoms. The van der Waals surface area contributed by atoms with Crippen molar-refractivity contribution in [2.45, 2.75) is 12.1 Å². The van der Waals surface area contributed by atoms with E-state index in [2.05, 4.69) is 15.3 Å². The van der Waals surface area contributed by atoms with Gasteiger partial charge in [0.2, 0.25) is 5.16 Å². The SMILES string of the molecule is COc1c(Cl)cc(/C=N\n2c(SC)nnc(C)c2=O)cc1Cl. The summed E-state index contributed by atoms with van der Waals surface area (Å²) in [6.45, 7) is 1.58. The van der Waals surface area contributed by atoms with Crippen LogP contribution >= 0.6 is 35.0 Å². The van der Waals surface area contributed by atoms with E-state index < -0.39 is 0 Å². The van der Waals surface area contributed by atoms with Gasteiger partial charge in [-0.1, -0.05) is 35.0 Å². The van der Waals surface area contributed by atoms with Gasteiger partial charge in [0.05, 0.1) is 23.4 Å². The van der Waals surface area contributed by atoms with Crippen molar-refractivity contribution in [3.8, 4) is 5.75 Å². The molecule has 0 saturated carbocycles. The number of hydrogen-bond donors (Lipinski definition) is 0. The van der Waals surface area contributed by atoms with Crippen molar-refractivity contribution < 1.29 is 4.74 Å². The molecule has 0 saturated heterocycles. The second kappa shape index (κ2) is 7.13. The smallest absolute Gasteiger partial charge is 0.296 e. The van der Waals surface area contributed by atoms with Crippen molar-refractivity contribution in [3.05, 3.63) is 43.8 Å². The minimum absolute atomic E-state index is 0.265. The number of halogens is 2. The van der Waals surface area contributed by atoms with Crippen LogP contribution in [-0.4, -0.2) is 34.5 Å². The van der Waals surface area contributed by atoms with E-state index in [1.54, 1.807) is 25.3 Å². The van der Waals surface area contributed by atoms with Crippen LogP contribution in [0, 0.1) is 6.92 Å². The first-order valence-corrected chi connectivity index (χ1v) is 8.03. The van der Waals surface area contributed by atoms with Crippen LogP contribution in [-0.2, 0) is 0 Å². The first-order chi connectivity index (χ1) is 10.5. The van der Waals surface area contributed by atoms with Crippen molar-refractivity contribution in [2.75, 3.05) is 13.4 Å². The summed E-state index contributed by atoms with van der Waals surface area (Å²) in [5.41, 5.74) is 0.561. The third-order valence-corrected chi connectivity index (χ3v) is 3.88. The fraction of sp³-hybridized carbons (Fsp3) is 0.231. The van der Waals surface area contributed by atoms with Gasteiger partial charge in [0, 0.05) is 0 Å². The van der Waals surface area contributed by atoms with Gasteiger partial charge in [0.25, 0.3) is 5.56 Å². The Bertz CT molecular complexity index is 769. The van der Waals surface area contributed by atoms with Gasteiger partial charge in [0.1, 0.15) is 5.69 Å². The highest BCUT2D eigenvalue weighted by Gasteiger charge is 2.09. The lowest BCUT2D eigenvalue weighted by molar-refractivity contribution is 0.415. The zero-order valence-corrected chi connectivity index (χ0v) is 14.3. The molecule has 0 aliphatic rings. The van der Waals surface area contributed by atoms with Crippen LogP contribution in [0.15, 0.2) is 27.2 Å². The standard InChI is InChI=1S/C13H12Cl2N4O2S/c1-7-12(20)19(13(22-3)18-17-7)16-6-8-4-9(14)11(21-2)10(15)5-8/h4-6H,1-3H3/b16-6-. The molecule has 6 nitrogen and oxygen atoms in total. The van der Waals surface area contributed by atoms with Gasteiger partial charge in [-0.05, 0) is 30.9 Å². The van der Waals surface area contributed by atoms with Crippen LogP contribution in [0.1, 0.15) is 11.3 Å². The van der Waals surface area contributed by atoms with E-state index in [-0.39, 0.29) is 11.3 Å². The molecule has 22 heavy (non-hydrogen) atoms. The molecule has 0 unspecified atom stereocenters. The van der Waals surface area contributed by atoms with Crippen LogP contribution in [0.2, 0.25) is 10.0 Å². The fourth-order valence-corrected chi connectivity index (χ4v) is 2.73. The maximum absolute atomic E-state index is 12.1. The molecule has 0 radical (unpaired) electrons. The van der Waals surface area contributed by atoms with Crippen LogP contribution in [0.3, 0.4) is 0 Å². The lowest BCUT2D eigenvalue weighted by atomic mass is 10.2. The topological polar surface area (TPSA) is 69.4 Å². The maximum Gasteiger partial charge on any atom is 0.296 e.